The number of carbonyl (C=O) groups excluding carboxylic acids is 1. The third-order valence-electron chi connectivity index (χ3n) is 2.68. The van der Waals surface area contributed by atoms with Gasteiger partial charge in [-0.3, -0.25) is 9.78 Å². The molecule has 1 N–H and O–H groups in total. The molecule has 0 unspecified atom stereocenters. The lowest BCUT2D eigenvalue weighted by Crippen LogP contribution is -2.05. The summed E-state index contributed by atoms with van der Waals surface area (Å²) in [6.07, 6.45) is 3.82. The fraction of sp³-hybridized carbons (Fsp3) is 0.308. The van der Waals surface area contributed by atoms with Crippen molar-refractivity contribution >= 4 is 22.4 Å². The number of esters is 1. The first-order valence-corrected chi connectivity index (χ1v) is 6.71. The average molecular weight is 277 g/mol. The Morgan fingerprint density at radius 1 is 1.53 bits per heavy atom. The van der Waals surface area contributed by atoms with Crippen molar-refractivity contribution in [2.75, 3.05) is 12.4 Å². The first kappa shape index (κ1) is 13.5. The van der Waals surface area contributed by atoms with E-state index in [1.54, 1.807) is 6.20 Å². The molecule has 2 aromatic rings. The first-order chi connectivity index (χ1) is 9.19. The highest BCUT2D eigenvalue weighted by Gasteiger charge is 2.07. The Bertz CT molecular complexity index is 569. The van der Waals surface area contributed by atoms with Crippen molar-refractivity contribution in [1.29, 1.82) is 0 Å². The standard InChI is InChI=1S/C13H15N3O2S/c1-9-3-4-14-6-10(9)7-15-13-16-11(8-19-13)5-12(17)18-2/h3-4,6,8H,5,7H2,1-2H3,(H,15,16). The van der Waals surface area contributed by atoms with Crippen LogP contribution in [0.4, 0.5) is 5.13 Å². The molecule has 0 atom stereocenters. The molecule has 19 heavy (non-hydrogen) atoms. The maximum Gasteiger partial charge on any atom is 0.311 e. The molecule has 0 aliphatic carbocycles. The quantitative estimate of drug-likeness (QED) is 0.849. The second-order valence-electron chi connectivity index (χ2n) is 4.05. The lowest BCUT2D eigenvalue weighted by atomic mass is 10.2. The molecule has 0 aliphatic heterocycles. The molecule has 0 bridgehead atoms. The molecule has 0 fully saturated rings. The SMILES string of the molecule is COC(=O)Cc1csc(NCc2cnccc2C)n1. The number of ether oxygens (including phenoxy) is 1. The first-order valence-electron chi connectivity index (χ1n) is 5.83. The Morgan fingerprint density at radius 3 is 3.11 bits per heavy atom. The number of aryl methyl sites for hydroxylation is 1. The number of hydrogen-bond donors (Lipinski definition) is 1. The highest BCUT2D eigenvalue weighted by atomic mass is 32.1. The lowest BCUT2D eigenvalue weighted by molar-refractivity contribution is -0.139. The maximum absolute atomic E-state index is 11.1. The molecule has 0 aliphatic rings. The maximum atomic E-state index is 11.1. The molecule has 2 aromatic heterocycles. The van der Waals surface area contributed by atoms with E-state index in [1.807, 2.05) is 24.6 Å². The van der Waals surface area contributed by atoms with Crippen molar-refractivity contribution in [3.8, 4) is 0 Å². The van der Waals surface area contributed by atoms with Gasteiger partial charge in [0, 0.05) is 24.3 Å². The summed E-state index contributed by atoms with van der Waals surface area (Å²) in [6.45, 7) is 2.72. The zero-order valence-corrected chi connectivity index (χ0v) is 11.7. The van der Waals surface area contributed by atoms with Gasteiger partial charge in [-0.2, -0.15) is 0 Å². The van der Waals surface area contributed by atoms with E-state index in [4.69, 9.17) is 0 Å². The number of carbonyl (C=O) groups is 1. The van der Waals surface area contributed by atoms with Crippen LogP contribution in [0.5, 0.6) is 0 Å². The summed E-state index contributed by atoms with van der Waals surface area (Å²) in [5.74, 6) is -0.278. The Morgan fingerprint density at radius 2 is 2.37 bits per heavy atom. The van der Waals surface area contributed by atoms with Crippen molar-refractivity contribution in [1.82, 2.24) is 9.97 Å². The van der Waals surface area contributed by atoms with Crippen molar-refractivity contribution in [2.45, 2.75) is 19.9 Å². The molecule has 0 saturated heterocycles. The summed E-state index contributed by atoms with van der Waals surface area (Å²) in [7, 11) is 1.37. The predicted octanol–water partition coefficient (Wildman–Crippen LogP) is 2.17. The van der Waals surface area contributed by atoms with Gasteiger partial charge < -0.3 is 10.1 Å². The van der Waals surface area contributed by atoms with Crippen LogP contribution >= 0.6 is 11.3 Å². The largest absolute Gasteiger partial charge is 0.469 e. The van der Waals surface area contributed by atoms with E-state index in [2.05, 4.69) is 20.0 Å². The smallest absolute Gasteiger partial charge is 0.311 e. The molecular formula is C13H15N3O2S. The Hall–Kier alpha value is -1.95. The fourth-order valence-corrected chi connectivity index (χ4v) is 2.25. The van der Waals surface area contributed by atoms with E-state index in [9.17, 15) is 4.79 Å². The number of nitrogens with one attached hydrogen (secondary N) is 1. The normalized spacial score (nSPS) is 10.2. The van der Waals surface area contributed by atoms with Gasteiger partial charge in [0.25, 0.3) is 0 Å². The number of hydrogen-bond acceptors (Lipinski definition) is 6. The van der Waals surface area contributed by atoms with Crippen LogP contribution in [-0.2, 0) is 22.5 Å². The number of methoxy groups -OCH3 is 1. The predicted molar refractivity (Wildman–Crippen MR) is 74.1 cm³/mol. The molecule has 6 heteroatoms. The third-order valence-corrected chi connectivity index (χ3v) is 3.53. The second kappa shape index (κ2) is 6.29. The zero-order valence-electron chi connectivity index (χ0n) is 10.8. The molecule has 100 valence electrons. The number of nitrogens with zero attached hydrogens (tertiary/aromatic N) is 2. The van der Waals surface area contributed by atoms with E-state index < -0.39 is 0 Å². The summed E-state index contributed by atoms with van der Waals surface area (Å²) in [6, 6.07) is 1.97. The van der Waals surface area contributed by atoms with E-state index in [-0.39, 0.29) is 12.4 Å². The van der Waals surface area contributed by atoms with E-state index in [0.717, 1.165) is 16.4 Å². The Balaban J connectivity index is 1.94. The molecule has 2 heterocycles. The van der Waals surface area contributed by atoms with Gasteiger partial charge in [-0.25, -0.2) is 4.98 Å². The number of anilines is 1. The minimum atomic E-state index is -0.278. The molecule has 0 amide bonds. The minimum absolute atomic E-state index is 0.209. The highest BCUT2D eigenvalue weighted by molar-refractivity contribution is 7.13. The highest BCUT2D eigenvalue weighted by Crippen LogP contribution is 2.17. The van der Waals surface area contributed by atoms with Gasteiger partial charge in [-0.05, 0) is 24.1 Å². The molecule has 0 aromatic carbocycles. The second-order valence-corrected chi connectivity index (χ2v) is 4.91. The van der Waals surface area contributed by atoms with Gasteiger partial charge >= 0.3 is 5.97 Å². The monoisotopic (exact) mass is 277 g/mol. The van der Waals surface area contributed by atoms with Gasteiger partial charge in [0.05, 0.1) is 19.2 Å². The van der Waals surface area contributed by atoms with Crippen LogP contribution in [0.1, 0.15) is 16.8 Å². The summed E-state index contributed by atoms with van der Waals surface area (Å²) in [5, 5.41) is 5.88. The van der Waals surface area contributed by atoms with Crippen LogP contribution in [-0.4, -0.2) is 23.0 Å². The van der Waals surface area contributed by atoms with Gasteiger partial charge in [-0.15, -0.1) is 11.3 Å². The van der Waals surface area contributed by atoms with Gasteiger partial charge in [0.15, 0.2) is 5.13 Å². The minimum Gasteiger partial charge on any atom is -0.469 e. The van der Waals surface area contributed by atoms with Gasteiger partial charge in [-0.1, -0.05) is 0 Å². The summed E-state index contributed by atoms with van der Waals surface area (Å²) in [5.41, 5.74) is 3.04. The lowest BCUT2D eigenvalue weighted by Gasteiger charge is -2.05. The van der Waals surface area contributed by atoms with Crippen LogP contribution in [0.2, 0.25) is 0 Å². The van der Waals surface area contributed by atoms with Gasteiger partial charge in [0.1, 0.15) is 0 Å². The number of pyridine rings is 1. The molecule has 2 rings (SSSR count). The molecule has 0 radical (unpaired) electrons. The van der Waals surface area contributed by atoms with Gasteiger partial charge in [0.2, 0.25) is 0 Å². The van der Waals surface area contributed by atoms with Crippen LogP contribution in [0.25, 0.3) is 0 Å². The molecule has 0 spiro atoms. The molecule has 0 saturated carbocycles. The topological polar surface area (TPSA) is 64.1 Å². The number of rotatable bonds is 5. The van der Waals surface area contributed by atoms with E-state index in [1.165, 1.54) is 24.0 Å². The van der Waals surface area contributed by atoms with Crippen LogP contribution in [0, 0.1) is 6.92 Å². The zero-order chi connectivity index (χ0) is 13.7. The van der Waals surface area contributed by atoms with Crippen molar-refractivity contribution in [3.63, 3.8) is 0 Å². The molecule has 5 nitrogen and oxygen atoms in total. The summed E-state index contributed by atoms with van der Waals surface area (Å²) >= 11 is 1.48. The van der Waals surface area contributed by atoms with Crippen molar-refractivity contribution in [2.24, 2.45) is 0 Å². The Labute approximate surface area is 115 Å². The van der Waals surface area contributed by atoms with Crippen molar-refractivity contribution < 1.29 is 9.53 Å². The summed E-state index contributed by atoms with van der Waals surface area (Å²) < 4.78 is 4.61. The number of aromatic nitrogens is 2. The van der Waals surface area contributed by atoms with Crippen LogP contribution in [0.15, 0.2) is 23.8 Å². The van der Waals surface area contributed by atoms with Crippen LogP contribution in [0.3, 0.4) is 0 Å². The summed E-state index contributed by atoms with van der Waals surface area (Å²) in [4.78, 5) is 19.6. The molecular weight excluding hydrogens is 262 g/mol. The number of thiazole rings is 1. The van der Waals surface area contributed by atoms with Crippen molar-refractivity contribution in [3.05, 3.63) is 40.7 Å². The van der Waals surface area contributed by atoms with E-state index in [0.29, 0.717) is 6.54 Å². The fourth-order valence-electron chi connectivity index (χ4n) is 1.54. The average Bonchev–Trinajstić information content (AvgIpc) is 2.85. The third kappa shape index (κ3) is 3.75. The van der Waals surface area contributed by atoms with Crippen LogP contribution < -0.4 is 5.32 Å². The Kier molecular flexibility index (Phi) is 4.46. The van der Waals surface area contributed by atoms with E-state index >= 15 is 0 Å².